The van der Waals surface area contributed by atoms with Crippen molar-refractivity contribution in [2.45, 2.75) is 13.0 Å². The van der Waals surface area contributed by atoms with E-state index in [9.17, 15) is 0 Å². The molecule has 0 aliphatic rings. The summed E-state index contributed by atoms with van der Waals surface area (Å²) in [5, 5.41) is 4.05. The lowest BCUT2D eigenvalue weighted by molar-refractivity contribution is 0.346. The van der Waals surface area contributed by atoms with Crippen LogP contribution in [0, 0.1) is 0 Å². The molecule has 0 radical (unpaired) electrons. The third-order valence-corrected chi connectivity index (χ3v) is 3.74. The van der Waals surface area contributed by atoms with Gasteiger partial charge in [-0.15, -0.1) is 0 Å². The van der Waals surface area contributed by atoms with Crippen LogP contribution in [0.15, 0.2) is 66.0 Å². The Morgan fingerprint density at radius 3 is 2.67 bits per heavy atom. The van der Waals surface area contributed by atoms with Crippen molar-refractivity contribution in [2.24, 2.45) is 0 Å². The fraction of sp³-hybridized carbons (Fsp3) is 0.118. The summed E-state index contributed by atoms with van der Waals surface area (Å²) in [6.07, 6.45) is 10.6. The molecule has 0 spiro atoms. The predicted octanol–water partition coefficient (Wildman–Crippen LogP) is 3.00. The van der Waals surface area contributed by atoms with Crippen molar-refractivity contribution >= 4 is 0 Å². The van der Waals surface area contributed by atoms with Crippen LogP contribution in [0.1, 0.15) is 18.9 Å². The number of aromatic nitrogens is 6. The van der Waals surface area contributed by atoms with Crippen molar-refractivity contribution in [3.8, 4) is 22.8 Å². The minimum atomic E-state index is -0.145. The third kappa shape index (κ3) is 2.56. The molecule has 118 valence electrons. The molecule has 4 aromatic rings. The highest BCUT2D eigenvalue weighted by molar-refractivity contribution is 5.55. The normalized spacial score (nSPS) is 12.2. The first kappa shape index (κ1) is 14.3. The smallest absolute Gasteiger partial charge is 0.249 e. The Bertz CT molecular complexity index is 932. The molecule has 7 nitrogen and oxygen atoms in total. The van der Waals surface area contributed by atoms with Crippen LogP contribution < -0.4 is 0 Å². The minimum absolute atomic E-state index is 0.145. The highest BCUT2D eigenvalue weighted by atomic mass is 16.5. The fourth-order valence-electron chi connectivity index (χ4n) is 2.49. The lowest BCUT2D eigenvalue weighted by Gasteiger charge is -2.12. The Morgan fingerprint density at radius 1 is 1.00 bits per heavy atom. The van der Waals surface area contributed by atoms with Crippen molar-refractivity contribution in [1.29, 1.82) is 0 Å². The van der Waals surface area contributed by atoms with Gasteiger partial charge in [0.15, 0.2) is 0 Å². The Morgan fingerprint density at radius 2 is 1.88 bits per heavy atom. The summed E-state index contributed by atoms with van der Waals surface area (Å²) in [7, 11) is 0. The third-order valence-electron chi connectivity index (χ3n) is 3.74. The SMILES string of the molecule is C[C@H](c1nc(-c2cccnc2)no1)n1ccnc1-c1ccncc1. The lowest BCUT2D eigenvalue weighted by Crippen LogP contribution is -2.08. The van der Waals surface area contributed by atoms with Gasteiger partial charge < -0.3 is 9.09 Å². The highest BCUT2D eigenvalue weighted by Crippen LogP contribution is 2.25. The number of nitrogens with zero attached hydrogens (tertiary/aromatic N) is 6. The van der Waals surface area contributed by atoms with Gasteiger partial charge in [0.2, 0.25) is 11.7 Å². The molecule has 0 fully saturated rings. The van der Waals surface area contributed by atoms with Crippen LogP contribution in [0.5, 0.6) is 0 Å². The minimum Gasteiger partial charge on any atom is -0.337 e. The van der Waals surface area contributed by atoms with Crippen molar-refractivity contribution < 1.29 is 4.52 Å². The predicted molar refractivity (Wildman–Crippen MR) is 86.8 cm³/mol. The number of rotatable bonds is 4. The molecule has 0 saturated carbocycles. The molecule has 0 amide bonds. The number of hydrogen-bond acceptors (Lipinski definition) is 6. The number of hydrogen-bond donors (Lipinski definition) is 0. The van der Waals surface area contributed by atoms with E-state index >= 15 is 0 Å². The van der Waals surface area contributed by atoms with E-state index in [0.29, 0.717) is 11.7 Å². The molecule has 24 heavy (non-hydrogen) atoms. The molecule has 0 saturated heterocycles. The molecule has 0 aliphatic heterocycles. The summed E-state index contributed by atoms with van der Waals surface area (Å²) in [6, 6.07) is 7.42. The van der Waals surface area contributed by atoms with Gasteiger partial charge in [0, 0.05) is 48.3 Å². The zero-order valence-corrected chi connectivity index (χ0v) is 12.9. The van der Waals surface area contributed by atoms with E-state index in [2.05, 4.69) is 25.1 Å². The Kier molecular flexibility index (Phi) is 3.59. The molecule has 1 atom stereocenters. The molecule has 0 bridgehead atoms. The topological polar surface area (TPSA) is 82.5 Å². The van der Waals surface area contributed by atoms with Crippen LogP contribution in [0.3, 0.4) is 0 Å². The second-order valence-electron chi connectivity index (χ2n) is 5.27. The van der Waals surface area contributed by atoms with Crippen molar-refractivity contribution in [3.63, 3.8) is 0 Å². The first-order valence-corrected chi connectivity index (χ1v) is 7.50. The molecule has 0 aliphatic carbocycles. The molecular formula is C17H14N6O. The second kappa shape index (κ2) is 6.04. The molecule has 4 heterocycles. The quantitative estimate of drug-likeness (QED) is 0.575. The van der Waals surface area contributed by atoms with E-state index in [-0.39, 0.29) is 6.04 Å². The number of imidazole rings is 1. The van der Waals surface area contributed by atoms with Gasteiger partial charge >= 0.3 is 0 Å². The maximum absolute atomic E-state index is 5.45. The van der Waals surface area contributed by atoms with Crippen molar-refractivity contribution in [3.05, 3.63) is 67.3 Å². The molecule has 4 rings (SSSR count). The first-order chi connectivity index (χ1) is 11.8. The lowest BCUT2D eigenvalue weighted by atomic mass is 10.2. The van der Waals surface area contributed by atoms with Gasteiger partial charge in [-0.25, -0.2) is 4.98 Å². The van der Waals surface area contributed by atoms with Crippen molar-refractivity contribution in [2.75, 3.05) is 0 Å². The summed E-state index contributed by atoms with van der Waals surface area (Å²) in [5.74, 6) is 1.86. The molecular weight excluding hydrogens is 304 g/mol. The second-order valence-corrected chi connectivity index (χ2v) is 5.27. The average molecular weight is 318 g/mol. The maximum Gasteiger partial charge on any atom is 0.249 e. The van der Waals surface area contributed by atoms with E-state index in [1.807, 2.05) is 42.0 Å². The average Bonchev–Trinajstić information content (AvgIpc) is 3.32. The van der Waals surface area contributed by atoms with Gasteiger partial charge in [-0.05, 0) is 31.2 Å². The van der Waals surface area contributed by atoms with Crippen LogP contribution in [0.25, 0.3) is 22.8 Å². The van der Waals surface area contributed by atoms with Crippen LogP contribution >= 0.6 is 0 Å². The van der Waals surface area contributed by atoms with E-state index in [1.165, 1.54) is 0 Å². The Hall–Kier alpha value is -3.35. The summed E-state index contributed by atoms with van der Waals surface area (Å²) in [5.41, 5.74) is 1.80. The fourth-order valence-corrected chi connectivity index (χ4v) is 2.49. The summed E-state index contributed by atoms with van der Waals surface area (Å²) in [4.78, 5) is 17.0. The molecule has 0 aromatic carbocycles. The molecule has 7 heteroatoms. The van der Waals surface area contributed by atoms with Gasteiger partial charge in [0.05, 0.1) is 0 Å². The van der Waals surface area contributed by atoms with Crippen molar-refractivity contribution in [1.82, 2.24) is 29.7 Å². The Labute approximate surface area is 138 Å². The summed E-state index contributed by atoms with van der Waals surface area (Å²) < 4.78 is 7.44. The van der Waals surface area contributed by atoms with Crippen LogP contribution in [-0.4, -0.2) is 29.7 Å². The molecule has 0 N–H and O–H groups in total. The van der Waals surface area contributed by atoms with Gasteiger partial charge in [0.25, 0.3) is 0 Å². The van der Waals surface area contributed by atoms with Gasteiger partial charge in [-0.2, -0.15) is 4.98 Å². The van der Waals surface area contributed by atoms with E-state index in [1.54, 1.807) is 31.0 Å². The van der Waals surface area contributed by atoms with E-state index in [0.717, 1.165) is 17.0 Å². The standard InChI is InChI=1S/C17H14N6O/c1-12(17-21-15(22-24-17)14-3-2-6-19-11-14)23-10-9-20-16(23)13-4-7-18-8-5-13/h2-12H,1H3/t12-/m1/s1. The highest BCUT2D eigenvalue weighted by Gasteiger charge is 2.19. The van der Waals surface area contributed by atoms with Gasteiger partial charge in [-0.3, -0.25) is 9.97 Å². The summed E-state index contributed by atoms with van der Waals surface area (Å²) in [6.45, 7) is 1.99. The monoisotopic (exact) mass is 318 g/mol. The zero-order chi connectivity index (χ0) is 16.4. The van der Waals surface area contributed by atoms with Crippen LogP contribution in [0.4, 0.5) is 0 Å². The van der Waals surface area contributed by atoms with Gasteiger partial charge in [0.1, 0.15) is 11.9 Å². The van der Waals surface area contributed by atoms with E-state index < -0.39 is 0 Å². The molecule has 0 unspecified atom stereocenters. The summed E-state index contributed by atoms with van der Waals surface area (Å²) >= 11 is 0. The van der Waals surface area contributed by atoms with E-state index in [4.69, 9.17) is 4.52 Å². The Balaban J connectivity index is 1.67. The van der Waals surface area contributed by atoms with Crippen LogP contribution in [0.2, 0.25) is 0 Å². The van der Waals surface area contributed by atoms with Crippen LogP contribution in [-0.2, 0) is 0 Å². The zero-order valence-electron chi connectivity index (χ0n) is 12.9. The number of pyridine rings is 2. The molecule has 4 aromatic heterocycles. The maximum atomic E-state index is 5.45. The van der Waals surface area contributed by atoms with Gasteiger partial charge in [-0.1, -0.05) is 5.16 Å². The largest absolute Gasteiger partial charge is 0.337 e. The first-order valence-electron chi connectivity index (χ1n) is 7.50.